The minimum absolute atomic E-state index is 0.262. The summed E-state index contributed by atoms with van der Waals surface area (Å²) in [7, 11) is 0. The van der Waals surface area contributed by atoms with Crippen molar-refractivity contribution in [3.63, 3.8) is 0 Å². The lowest BCUT2D eigenvalue weighted by Crippen LogP contribution is -2.59. The molecule has 7 nitrogen and oxygen atoms in total. The molecule has 1 saturated heterocycles. The molecule has 146 valence electrons. The molecule has 3 aliphatic carbocycles. The lowest BCUT2D eigenvalue weighted by Gasteiger charge is -2.61. The molecule has 1 aliphatic heterocycles. The number of anilines is 1. The van der Waals surface area contributed by atoms with Gasteiger partial charge in [-0.25, -0.2) is 9.67 Å². The minimum atomic E-state index is -0.606. The Labute approximate surface area is 167 Å². The monoisotopic (exact) mass is 398 g/mol. The Morgan fingerprint density at radius 3 is 2.57 bits per heavy atom. The minimum Gasteiger partial charge on any atom is -0.390 e. The maximum Gasteiger partial charge on any atom is 0.165 e. The van der Waals surface area contributed by atoms with Gasteiger partial charge < -0.3 is 10.0 Å². The molecule has 3 aromatic rings. The van der Waals surface area contributed by atoms with Gasteiger partial charge in [0.1, 0.15) is 11.5 Å². The number of halogens is 1. The van der Waals surface area contributed by atoms with E-state index in [0.29, 0.717) is 17.9 Å². The molecule has 0 radical (unpaired) electrons. The first-order valence-corrected chi connectivity index (χ1v) is 10.4. The average molecular weight is 399 g/mol. The molecule has 4 aliphatic rings. The van der Waals surface area contributed by atoms with Crippen LogP contribution in [0.2, 0.25) is 5.02 Å². The van der Waals surface area contributed by atoms with Gasteiger partial charge in [0.25, 0.3) is 0 Å². The van der Waals surface area contributed by atoms with Crippen molar-refractivity contribution >= 4 is 28.5 Å². The summed E-state index contributed by atoms with van der Waals surface area (Å²) in [4.78, 5) is 7.03. The molecule has 8 heteroatoms. The maximum absolute atomic E-state index is 10.2. The highest BCUT2D eigenvalue weighted by molar-refractivity contribution is 6.33. The summed E-state index contributed by atoms with van der Waals surface area (Å²) in [6.07, 6.45) is 10.9. The van der Waals surface area contributed by atoms with Gasteiger partial charge >= 0.3 is 0 Å². The molecule has 28 heavy (non-hydrogen) atoms. The van der Waals surface area contributed by atoms with E-state index < -0.39 is 5.60 Å². The van der Waals surface area contributed by atoms with Crippen molar-refractivity contribution in [2.75, 3.05) is 18.0 Å². The molecule has 1 N–H and O–H groups in total. The molecular formula is C20H23ClN6O. The van der Waals surface area contributed by atoms with Crippen LogP contribution in [0.1, 0.15) is 39.0 Å². The number of piperidine rings is 1. The summed E-state index contributed by atoms with van der Waals surface area (Å²) in [5.41, 5.74) is 1.37. The Morgan fingerprint density at radius 1 is 1.14 bits per heavy atom. The van der Waals surface area contributed by atoms with Crippen LogP contribution in [-0.4, -0.2) is 48.3 Å². The molecule has 0 atom stereocenters. The highest BCUT2D eigenvalue weighted by Crippen LogP contribution is 2.62. The molecule has 4 heterocycles. The van der Waals surface area contributed by atoms with Crippen molar-refractivity contribution in [3.05, 3.63) is 29.7 Å². The van der Waals surface area contributed by atoms with Gasteiger partial charge in [-0.15, -0.1) is 0 Å². The van der Waals surface area contributed by atoms with Gasteiger partial charge in [-0.2, -0.15) is 10.2 Å². The summed E-state index contributed by atoms with van der Waals surface area (Å²) in [5.74, 6) is 1.67. The smallest absolute Gasteiger partial charge is 0.165 e. The van der Waals surface area contributed by atoms with E-state index >= 15 is 0 Å². The topological polar surface area (TPSA) is 72.0 Å². The molecule has 0 unspecified atom stereocenters. The lowest BCUT2D eigenvalue weighted by molar-refractivity contribution is -0.0977. The highest BCUT2D eigenvalue weighted by atomic mass is 35.5. The van der Waals surface area contributed by atoms with Crippen LogP contribution in [0.25, 0.3) is 16.7 Å². The van der Waals surface area contributed by atoms with E-state index in [1.54, 1.807) is 6.20 Å². The predicted molar refractivity (Wildman–Crippen MR) is 107 cm³/mol. The van der Waals surface area contributed by atoms with Crippen LogP contribution >= 0.6 is 11.6 Å². The number of fused-ring (bicyclic) bond motifs is 1. The Hall–Kier alpha value is -2.12. The maximum atomic E-state index is 10.2. The van der Waals surface area contributed by atoms with Gasteiger partial charge in [-0.1, -0.05) is 11.6 Å². The summed E-state index contributed by atoms with van der Waals surface area (Å²) >= 11 is 6.54. The fourth-order valence-electron chi connectivity index (χ4n) is 4.93. The van der Waals surface area contributed by atoms with E-state index in [4.69, 9.17) is 16.6 Å². The van der Waals surface area contributed by atoms with Crippen molar-refractivity contribution in [2.24, 2.45) is 5.92 Å². The van der Waals surface area contributed by atoms with Crippen molar-refractivity contribution < 1.29 is 5.11 Å². The zero-order valence-electron chi connectivity index (χ0n) is 15.8. The number of hydrogen-bond donors (Lipinski definition) is 1. The van der Waals surface area contributed by atoms with Crippen LogP contribution in [0.15, 0.2) is 24.7 Å². The van der Waals surface area contributed by atoms with E-state index in [1.165, 1.54) is 19.3 Å². The second-order valence-electron chi connectivity index (χ2n) is 9.09. The van der Waals surface area contributed by atoms with Gasteiger partial charge in [-0.05, 0) is 51.0 Å². The van der Waals surface area contributed by atoms with Crippen LogP contribution in [0, 0.1) is 5.92 Å². The van der Waals surface area contributed by atoms with Crippen LogP contribution in [0.3, 0.4) is 0 Å². The van der Waals surface area contributed by atoms with Gasteiger partial charge in [-0.3, -0.25) is 4.68 Å². The Kier molecular flexibility index (Phi) is 3.29. The Bertz CT molecular complexity index is 1060. The standard InChI is InChI=1S/C20H23ClN6O/c1-19(28)2-4-25(5-3-19)18-16(21)6-14-10-23-27(17(14)24-18)15-11-22-26(12-15)20-7-13(8-20)9-20/h6,10-13,28H,2-5,7-9H2,1H3. The fraction of sp³-hybridized carbons (Fsp3) is 0.550. The van der Waals surface area contributed by atoms with Crippen LogP contribution in [0.5, 0.6) is 0 Å². The SMILES string of the molecule is CC1(O)CCN(c2nc3c(cnn3-c3cnn(C45CC(C4)C5)c3)cc2Cl)CC1. The summed E-state index contributed by atoms with van der Waals surface area (Å²) in [6.45, 7) is 3.36. The normalized spacial score (nSPS) is 28.2. The number of nitrogens with zero attached hydrogens (tertiary/aromatic N) is 6. The van der Waals surface area contributed by atoms with Crippen molar-refractivity contribution in [1.29, 1.82) is 0 Å². The third-order valence-corrected chi connectivity index (χ3v) is 7.20. The zero-order chi connectivity index (χ0) is 19.1. The Morgan fingerprint density at radius 2 is 1.89 bits per heavy atom. The van der Waals surface area contributed by atoms with E-state index in [-0.39, 0.29) is 5.54 Å². The largest absolute Gasteiger partial charge is 0.390 e. The molecule has 0 spiro atoms. The molecule has 3 aromatic heterocycles. The molecule has 0 amide bonds. The van der Waals surface area contributed by atoms with Gasteiger partial charge in [0.2, 0.25) is 0 Å². The Balaban J connectivity index is 1.36. The number of hydrogen-bond acceptors (Lipinski definition) is 5. The average Bonchev–Trinajstić information content (AvgIpc) is 3.18. The highest BCUT2D eigenvalue weighted by Gasteiger charge is 2.58. The van der Waals surface area contributed by atoms with Crippen molar-refractivity contribution in [3.8, 4) is 5.69 Å². The van der Waals surface area contributed by atoms with E-state index in [0.717, 1.165) is 41.5 Å². The number of rotatable bonds is 3. The van der Waals surface area contributed by atoms with E-state index in [2.05, 4.69) is 26.0 Å². The van der Waals surface area contributed by atoms with E-state index in [9.17, 15) is 5.11 Å². The van der Waals surface area contributed by atoms with Crippen LogP contribution < -0.4 is 4.90 Å². The van der Waals surface area contributed by atoms with Gasteiger partial charge in [0, 0.05) is 18.5 Å². The lowest BCUT2D eigenvalue weighted by atomic mass is 9.50. The first kappa shape index (κ1) is 16.8. The summed E-state index contributed by atoms with van der Waals surface area (Å²) in [5, 5.41) is 20.9. The molecule has 4 fully saturated rings. The van der Waals surface area contributed by atoms with Crippen LogP contribution in [0.4, 0.5) is 5.82 Å². The summed E-state index contributed by atoms with van der Waals surface area (Å²) < 4.78 is 3.98. The second kappa shape index (κ2) is 5.48. The summed E-state index contributed by atoms with van der Waals surface area (Å²) in [6, 6.07) is 1.93. The molecule has 2 bridgehead atoms. The fourth-order valence-corrected chi connectivity index (χ4v) is 5.21. The first-order valence-electron chi connectivity index (χ1n) is 10.00. The van der Waals surface area contributed by atoms with Gasteiger partial charge in [0.05, 0.1) is 34.8 Å². The molecule has 0 aromatic carbocycles. The zero-order valence-corrected chi connectivity index (χ0v) is 16.6. The van der Waals surface area contributed by atoms with Crippen LogP contribution in [-0.2, 0) is 5.54 Å². The molecular weight excluding hydrogens is 376 g/mol. The number of pyridine rings is 1. The predicted octanol–water partition coefficient (Wildman–Crippen LogP) is 3.13. The third kappa shape index (κ3) is 2.35. The van der Waals surface area contributed by atoms with Crippen molar-refractivity contribution in [1.82, 2.24) is 24.5 Å². The number of aliphatic hydroxyl groups is 1. The first-order chi connectivity index (χ1) is 13.4. The van der Waals surface area contributed by atoms with Gasteiger partial charge in [0.15, 0.2) is 5.65 Å². The molecule has 3 saturated carbocycles. The number of aromatic nitrogens is 5. The second-order valence-corrected chi connectivity index (χ2v) is 9.50. The third-order valence-electron chi connectivity index (χ3n) is 6.92. The quantitative estimate of drug-likeness (QED) is 0.733. The van der Waals surface area contributed by atoms with Crippen molar-refractivity contribution in [2.45, 2.75) is 50.2 Å². The molecule has 7 rings (SSSR count). The van der Waals surface area contributed by atoms with E-state index in [1.807, 2.05) is 23.9 Å².